The molecule has 3 nitrogen and oxygen atoms in total. The van der Waals surface area contributed by atoms with Crippen molar-refractivity contribution in [2.24, 2.45) is 17.3 Å². The lowest BCUT2D eigenvalue weighted by molar-refractivity contribution is -0.0475. The maximum Gasteiger partial charge on any atom is 0.0927 e. The molecule has 2 aromatic rings. The highest BCUT2D eigenvalue weighted by molar-refractivity contribution is 5.82. The first-order valence-electron chi connectivity index (χ1n) is 13.6. The normalized spacial score (nSPS) is 37.4. The molecule has 4 aliphatic rings. The molecule has 180 valence electrons. The van der Waals surface area contributed by atoms with Crippen molar-refractivity contribution >= 4 is 10.8 Å². The molecule has 6 rings (SSSR count). The minimum absolute atomic E-state index is 0.104. The van der Waals surface area contributed by atoms with Crippen LogP contribution in [-0.4, -0.2) is 40.2 Å². The van der Waals surface area contributed by atoms with Crippen LogP contribution in [0.15, 0.2) is 60.0 Å². The Morgan fingerprint density at radius 3 is 2.85 bits per heavy atom. The summed E-state index contributed by atoms with van der Waals surface area (Å²) in [6.45, 7) is 5.85. The molecular weight excluding hydrogens is 416 g/mol. The molecule has 2 saturated carbocycles. The maximum absolute atomic E-state index is 12.4. The highest BCUT2D eigenvalue weighted by atomic mass is 16.3. The number of rotatable bonds is 3. The Hall–Kier alpha value is -1.97. The van der Waals surface area contributed by atoms with Gasteiger partial charge in [-0.15, -0.1) is 0 Å². The zero-order valence-electron chi connectivity index (χ0n) is 21.1. The number of aromatic nitrogens is 1. The molecule has 1 aromatic carbocycles. The molecular formula is C31H40N2O. The second kappa shape index (κ2) is 8.31. The molecule has 0 aliphatic heterocycles. The predicted molar refractivity (Wildman–Crippen MR) is 140 cm³/mol. The Morgan fingerprint density at radius 1 is 1.12 bits per heavy atom. The molecule has 0 radical (unpaired) electrons. The number of allylic oxidation sites excluding steroid dienone is 2. The quantitative estimate of drug-likeness (QED) is 0.563. The van der Waals surface area contributed by atoms with Crippen molar-refractivity contribution in [2.75, 3.05) is 13.6 Å². The highest BCUT2D eigenvalue weighted by Crippen LogP contribution is 2.64. The Labute approximate surface area is 205 Å². The summed E-state index contributed by atoms with van der Waals surface area (Å²) in [6, 6.07) is 9.74. The SMILES string of the molecule is CCN(C)C1CCC2=CC3=CCC4(C)C(c5ccc6ccncc6c5)CCC4[C@@]3(O)CCC2C1. The number of pyridine rings is 1. The van der Waals surface area contributed by atoms with Gasteiger partial charge < -0.3 is 10.0 Å². The van der Waals surface area contributed by atoms with Crippen LogP contribution in [0.5, 0.6) is 0 Å². The number of nitrogens with zero attached hydrogens (tertiary/aromatic N) is 2. The minimum Gasteiger partial charge on any atom is -0.385 e. The van der Waals surface area contributed by atoms with E-state index in [2.05, 4.69) is 67.2 Å². The van der Waals surface area contributed by atoms with Crippen molar-refractivity contribution in [3.05, 3.63) is 65.5 Å². The van der Waals surface area contributed by atoms with Crippen molar-refractivity contribution in [2.45, 2.75) is 82.8 Å². The molecule has 34 heavy (non-hydrogen) atoms. The van der Waals surface area contributed by atoms with Crippen LogP contribution >= 0.6 is 0 Å². The third-order valence-corrected chi connectivity index (χ3v) is 10.4. The molecule has 1 heterocycles. The second-order valence-electron chi connectivity index (χ2n) is 11.9. The fourth-order valence-electron chi connectivity index (χ4n) is 8.26. The average Bonchev–Trinajstić information content (AvgIpc) is 3.15. The summed E-state index contributed by atoms with van der Waals surface area (Å²) in [6.07, 6.45) is 17.9. The number of fused-ring (bicyclic) bond motifs is 5. The smallest absolute Gasteiger partial charge is 0.0927 e. The molecule has 5 unspecified atom stereocenters. The fourth-order valence-corrected chi connectivity index (χ4v) is 8.26. The van der Waals surface area contributed by atoms with Gasteiger partial charge in [-0.3, -0.25) is 4.98 Å². The molecule has 4 aliphatic carbocycles. The number of hydrogen-bond acceptors (Lipinski definition) is 3. The van der Waals surface area contributed by atoms with Gasteiger partial charge in [-0.2, -0.15) is 0 Å². The predicted octanol–water partition coefficient (Wildman–Crippen LogP) is 6.64. The zero-order valence-corrected chi connectivity index (χ0v) is 21.1. The van der Waals surface area contributed by atoms with E-state index < -0.39 is 5.60 Å². The van der Waals surface area contributed by atoms with Crippen molar-refractivity contribution in [3.63, 3.8) is 0 Å². The first-order chi connectivity index (χ1) is 16.4. The van der Waals surface area contributed by atoms with Crippen LogP contribution in [0.4, 0.5) is 0 Å². The largest absolute Gasteiger partial charge is 0.385 e. The molecule has 3 heteroatoms. The van der Waals surface area contributed by atoms with Gasteiger partial charge >= 0.3 is 0 Å². The summed E-state index contributed by atoms with van der Waals surface area (Å²) in [5.41, 5.74) is 3.72. The van der Waals surface area contributed by atoms with E-state index >= 15 is 0 Å². The van der Waals surface area contributed by atoms with E-state index in [1.54, 1.807) is 5.57 Å². The second-order valence-corrected chi connectivity index (χ2v) is 11.9. The van der Waals surface area contributed by atoms with Gasteiger partial charge in [-0.05, 0) is 117 Å². The van der Waals surface area contributed by atoms with E-state index in [0.717, 1.165) is 32.2 Å². The molecule has 6 atom stereocenters. The minimum atomic E-state index is -0.670. The van der Waals surface area contributed by atoms with Gasteiger partial charge in [0.05, 0.1) is 5.60 Å². The van der Waals surface area contributed by atoms with Gasteiger partial charge in [0.1, 0.15) is 0 Å². The summed E-state index contributed by atoms with van der Waals surface area (Å²) in [5, 5.41) is 14.9. The Morgan fingerprint density at radius 2 is 2.00 bits per heavy atom. The number of benzene rings is 1. The molecule has 0 saturated heterocycles. The highest BCUT2D eigenvalue weighted by Gasteiger charge is 2.58. The van der Waals surface area contributed by atoms with Crippen molar-refractivity contribution in [1.82, 2.24) is 9.88 Å². The lowest BCUT2D eigenvalue weighted by Gasteiger charge is -2.49. The van der Waals surface area contributed by atoms with Gasteiger partial charge in [0.15, 0.2) is 0 Å². The Kier molecular flexibility index (Phi) is 5.50. The molecule has 0 bridgehead atoms. The molecule has 2 fully saturated rings. The van der Waals surface area contributed by atoms with Crippen molar-refractivity contribution in [1.29, 1.82) is 0 Å². The van der Waals surface area contributed by atoms with E-state index in [0.29, 0.717) is 23.8 Å². The van der Waals surface area contributed by atoms with Crippen LogP contribution < -0.4 is 0 Å². The van der Waals surface area contributed by atoms with Gasteiger partial charge in [-0.25, -0.2) is 0 Å². The van der Waals surface area contributed by atoms with Crippen molar-refractivity contribution in [3.8, 4) is 0 Å². The monoisotopic (exact) mass is 456 g/mol. The Bertz CT molecular complexity index is 1150. The van der Waals surface area contributed by atoms with E-state index in [9.17, 15) is 5.11 Å². The van der Waals surface area contributed by atoms with Crippen LogP contribution in [0, 0.1) is 17.3 Å². The number of hydrogen-bond donors (Lipinski definition) is 1. The van der Waals surface area contributed by atoms with Gasteiger partial charge in [0.25, 0.3) is 0 Å². The molecule has 0 spiro atoms. The lowest BCUT2D eigenvalue weighted by atomic mass is 9.58. The van der Waals surface area contributed by atoms with E-state index in [4.69, 9.17) is 0 Å². The molecule has 1 N–H and O–H groups in total. The average molecular weight is 457 g/mol. The van der Waals surface area contributed by atoms with Gasteiger partial charge in [0, 0.05) is 23.8 Å². The number of aliphatic hydroxyl groups is 1. The summed E-state index contributed by atoms with van der Waals surface area (Å²) >= 11 is 0. The van der Waals surface area contributed by atoms with Crippen molar-refractivity contribution < 1.29 is 5.11 Å². The van der Waals surface area contributed by atoms with Crippen LogP contribution in [0.1, 0.15) is 76.7 Å². The van der Waals surface area contributed by atoms with E-state index in [-0.39, 0.29) is 5.41 Å². The fraction of sp³-hybridized carbons (Fsp3) is 0.581. The lowest BCUT2D eigenvalue weighted by Crippen LogP contribution is -2.49. The molecule has 0 amide bonds. The maximum atomic E-state index is 12.4. The van der Waals surface area contributed by atoms with Crippen LogP contribution in [0.3, 0.4) is 0 Å². The summed E-state index contributed by atoms with van der Waals surface area (Å²) in [5.74, 6) is 1.46. The van der Waals surface area contributed by atoms with Crippen LogP contribution in [-0.2, 0) is 0 Å². The van der Waals surface area contributed by atoms with E-state index in [1.165, 1.54) is 47.6 Å². The zero-order chi connectivity index (χ0) is 23.5. The Balaban J connectivity index is 1.30. The van der Waals surface area contributed by atoms with Crippen LogP contribution in [0.2, 0.25) is 0 Å². The third kappa shape index (κ3) is 3.42. The van der Waals surface area contributed by atoms with Gasteiger partial charge in [-0.1, -0.05) is 43.7 Å². The van der Waals surface area contributed by atoms with E-state index in [1.807, 2.05) is 12.4 Å². The summed E-state index contributed by atoms with van der Waals surface area (Å²) < 4.78 is 0. The standard InChI is InChI=1S/C31H40N2O/c1-4-33(3)27-8-7-22-18-26-12-14-30(2)28(24-6-5-21-13-16-32-20-25(21)17-24)9-10-29(30)31(26,34)15-11-23(22)19-27/h5-6,12-13,16-18,20,23,27-29,34H,4,7-11,14-15,19H2,1-3H3/t23?,27?,28?,29?,30?,31-/m1/s1. The van der Waals surface area contributed by atoms with Crippen LogP contribution in [0.25, 0.3) is 10.8 Å². The first-order valence-corrected chi connectivity index (χ1v) is 13.6. The molecule has 1 aromatic heterocycles. The topological polar surface area (TPSA) is 36.4 Å². The summed E-state index contributed by atoms with van der Waals surface area (Å²) in [4.78, 5) is 6.88. The third-order valence-electron chi connectivity index (χ3n) is 10.4. The first kappa shape index (κ1) is 22.5. The summed E-state index contributed by atoms with van der Waals surface area (Å²) in [7, 11) is 2.28. The van der Waals surface area contributed by atoms with Gasteiger partial charge in [0.2, 0.25) is 0 Å².